The first-order valence-electron chi connectivity index (χ1n) is 21.3. The number of benzene rings is 2. The average molecular weight is 811 g/mol. The first-order chi connectivity index (χ1) is 28.3. The van der Waals surface area contributed by atoms with Gasteiger partial charge in [-0.2, -0.15) is 0 Å². The number of methoxy groups -OCH3 is 3. The Labute approximate surface area is 345 Å². The zero-order chi connectivity index (χ0) is 41.8. The van der Waals surface area contributed by atoms with Gasteiger partial charge in [-0.3, -0.25) is 14.5 Å². The first-order valence-corrected chi connectivity index (χ1v) is 21.3. The maximum atomic E-state index is 15.3. The fraction of sp³-hybridized carbons (Fsp3) is 0.587. The number of aliphatic hydroxyl groups is 2. The lowest BCUT2D eigenvalue weighted by Crippen LogP contribution is -2.81. The Morgan fingerprint density at radius 1 is 0.983 bits per heavy atom. The number of H-pyrrole nitrogens is 1. The second-order valence-corrected chi connectivity index (χ2v) is 18.0. The molecule has 59 heavy (non-hydrogen) atoms. The van der Waals surface area contributed by atoms with Gasteiger partial charge in [0, 0.05) is 90.9 Å². The highest BCUT2D eigenvalue weighted by molar-refractivity contribution is 5.95. The molecule has 2 saturated heterocycles. The van der Waals surface area contributed by atoms with Gasteiger partial charge in [-0.1, -0.05) is 44.2 Å². The van der Waals surface area contributed by atoms with Gasteiger partial charge >= 0.3 is 17.9 Å². The molecule has 13 heteroatoms. The number of hydrogen-bond acceptors (Lipinski definition) is 12. The Balaban J connectivity index is 1.37. The van der Waals surface area contributed by atoms with Gasteiger partial charge in [0.15, 0.2) is 6.10 Å². The minimum atomic E-state index is -2.31. The summed E-state index contributed by atoms with van der Waals surface area (Å²) in [6.45, 7) is 8.89. The molecule has 1 spiro atoms. The van der Waals surface area contributed by atoms with Crippen molar-refractivity contribution in [2.24, 2.45) is 17.3 Å². The molecule has 1 saturated carbocycles. The predicted octanol–water partition coefficient (Wildman–Crippen LogP) is 3.85. The molecule has 13 nitrogen and oxygen atoms in total. The lowest BCUT2D eigenvalue weighted by atomic mass is 9.47. The maximum absolute atomic E-state index is 15.3. The molecule has 2 bridgehead atoms. The average Bonchev–Trinajstić information content (AvgIpc) is 3.91. The van der Waals surface area contributed by atoms with Gasteiger partial charge in [0.2, 0.25) is 5.60 Å². The SMILES string of the molecule is CCC1CN2CCc3c([nH]c4ccccc34)[C@@](C(=O)OC)(c3cc4c(cc3OC)N(C)[C@H]3[C@@](O)(C(=O)OC)[C@H](OC(C)=O)[C@]5(CC)C=CCN6CC[C@]43[C@@H]65)C[C@H](C2)[C@H]1O. The zero-order valence-corrected chi connectivity index (χ0v) is 35.2. The number of piperidine rings is 1. The number of rotatable bonds is 7. The summed E-state index contributed by atoms with van der Waals surface area (Å²) in [4.78, 5) is 53.2. The second-order valence-electron chi connectivity index (χ2n) is 18.0. The van der Waals surface area contributed by atoms with E-state index in [9.17, 15) is 19.8 Å². The predicted molar refractivity (Wildman–Crippen MR) is 220 cm³/mol. The zero-order valence-electron chi connectivity index (χ0n) is 35.2. The van der Waals surface area contributed by atoms with Crippen molar-refractivity contribution in [1.29, 1.82) is 0 Å². The van der Waals surface area contributed by atoms with E-state index in [-0.39, 0.29) is 24.3 Å². The van der Waals surface area contributed by atoms with Crippen LogP contribution >= 0.6 is 0 Å². The van der Waals surface area contributed by atoms with Crippen LogP contribution in [-0.2, 0) is 45.8 Å². The molecule has 3 fully saturated rings. The summed E-state index contributed by atoms with van der Waals surface area (Å²) in [5.41, 5.74) is -0.857. The number of carbonyl (C=O) groups excluding carboxylic acids is 3. The molecule has 0 radical (unpaired) electrons. The number of anilines is 1. The summed E-state index contributed by atoms with van der Waals surface area (Å²) >= 11 is 0. The van der Waals surface area contributed by atoms with E-state index in [4.69, 9.17) is 18.9 Å². The molecule has 0 amide bonds. The summed E-state index contributed by atoms with van der Waals surface area (Å²) < 4.78 is 23.9. The molecule has 5 aliphatic heterocycles. The smallest absolute Gasteiger partial charge is 0.344 e. The molecule has 2 unspecified atom stereocenters. The molecule has 6 aliphatic rings. The van der Waals surface area contributed by atoms with Gasteiger partial charge in [0.1, 0.15) is 11.2 Å². The number of carbonyl (C=O) groups is 3. The number of ether oxygens (including phenoxy) is 4. The second kappa shape index (κ2) is 14.1. The number of likely N-dealkylation sites (N-methyl/N-ethyl adjacent to an activating group) is 1. The number of aromatic nitrogens is 1. The number of aliphatic hydroxyl groups excluding tert-OH is 1. The fourth-order valence-electron chi connectivity index (χ4n) is 13.5. The van der Waals surface area contributed by atoms with E-state index in [2.05, 4.69) is 39.9 Å². The number of esters is 3. The molecular formula is C46H58N4O9. The number of aromatic amines is 1. The highest BCUT2D eigenvalue weighted by Crippen LogP contribution is 2.68. The standard InChI is InChI=1S/C46H58N4O9/c1-8-27-24-49-19-15-30-29-13-10-11-14-33(29)47-37(30)45(41(53)57-6,23-28(25-49)36(27)52)32-21-31-34(22-35(32)56-5)48(4)39-44(31)17-20-50-18-12-16-43(9-2,38(44)50)40(59-26(3)51)46(39,55)42(54)58-7/h10-14,16,21-22,27-28,36,38-40,47,52,55H,8-9,15,17-20,23-25H2,1-7H3/t27?,28-,36+,38+,39-,40-,43-,44-,45+,46+/m1/s1. The van der Waals surface area contributed by atoms with Crippen molar-refractivity contribution in [2.45, 2.75) is 93.6 Å². The lowest BCUT2D eigenvalue weighted by molar-refractivity contribution is -0.228. The van der Waals surface area contributed by atoms with E-state index in [0.29, 0.717) is 50.2 Å². The van der Waals surface area contributed by atoms with E-state index in [1.807, 2.05) is 49.2 Å². The Morgan fingerprint density at radius 2 is 1.75 bits per heavy atom. The molecule has 2 aromatic carbocycles. The fourth-order valence-corrected chi connectivity index (χ4v) is 13.5. The minimum absolute atomic E-state index is 0.0295. The van der Waals surface area contributed by atoms with Crippen molar-refractivity contribution in [3.05, 3.63) is 70.9 Å². The molecular weight excluding hydrogens is 753 g/mol. The van der Waals surface area contributed by atoms with Crippen LogP contribution in [0.5, 0.6) is 5.75 Å². The Bertz CT molecular complexity index is 2240. The van der Waals surface area contributed by atoms with Crippen molar-refractivity contribution in [1.82, 2.24) is 14.8 Å². The topological polar surface area (TPSA) is 154 Å². The van der Waals surface area contributed by atoms with Gasteiger partial charge in [-0.05, 0) is 73.7 Å². The van der Waals surface area contributed by atoms with Crippen LogP contribution in [0.25, 0.3) is 10.9 Å². The quantitative estimate of drug-likeness (QED) is 0.181. The van der Waals surface area contributed by atoms with Crippen LogP contribution in [0.4, 0.5) is 5.69 Å². The summed E-state index contributed by atoms with van der Waals surface area (Å²) in [5, 5.41) is 26.5. The van der Waals surface area contributed by atoms with Gasteiger partial charge < -0.3 is 43.9 Å². The van der Waals surface area contributed by atoms with Crippen LogP contribution in [0.2, 0.25) is 0 Å². The van der Waals surface area contributed by atoms with Crippen LogP contribution in [0.3, 0.4) is 0 Å². The number of para-hydroxylation sites is 1. The van der Waals surface area contributed by atoms with E-state index in [1.54, 1.807) is 7.11 Å². The number of nitrogens with zero attached hydrogens (tertiary/aromatic N) is 3. The van der Waals surface area contributed by atoms with Gasteiger partial charge in [-0.15, -0.1) is 0 Å². The summed E-state index contributed by atoms with van der Waals surface area (Å²) in [6.07, 6.45) is 4.91. The normalized spacial score (nSPS) is 37.0. The number of fused-ring (bicyclic) bond motifs is 6. The van der Waals surface area contributed by atoms with Crippen LogP contribution in [0, 0.1) is 17.3 Å². The van der Waals surface area contributed by atoms with E-state index in [1.165, 1.54) is 21.1 Å². The molecule has 1 aromatic heterocycles. The maximum Gasteiger partial charge on any atom is 0.344 e. The molecule has 3 aromatic rings. The van der Waals surface area contributed by atoms with Crippen molar-refractivity contribution >= 4 is 34.5 Å². The van der Waals surface area contributed by atoms with E-state index in [0.717, 1.165) is 52.9 Å². The third-order valence-corrected chi connectivity index (χ3v) is 15.7. The number of hydrogen-bond donors (Lipinski definition) is 3. The van der Waals surface area contributed by atoms with Crippen molar-refractivity contribution < 1.29 is 43.5 Å². The highest BCUT2D eigenvalue weighted by Gasteiger charge is 2.80. The van der Waals surface area contributed by atoms with Crippen molar-refractivity contribution in [3.63, 3.8) is 0 Å². The Kier molecular flexibility index (Phi) is 9.54. The van der Waals surface area contributed by atoms with Crippen molar-refractivity contribution in [3.8, 4) is 5.75 Å². The first kappa shape index (κ1) is 40.0. The molecule has 6 heterocycles. The third kappa shape index (κ3) is 5.13. The van der Waals surface area contributed by atoms with Crippen LogP contribution < -0.4 is 9.64 Å². The molecule has 9 rings (SSSR count). The van der Waals surface area contributed by atoms with Crippen LogP contribution in [0.1, 0.15) is 68.8 Å². The minimum Gasteiger partial charge on any atom is -0.496 e. The third-order valence-electron chi connectivity index (χ3n) is 15.7. The van der Waals surface area contributed by atoms with Gasteiger partial charge in [-0.25, -0.2) is 4.79 Å². The Hall–Kier alpha value is -4.43. The molecule has 1 aliphatic carbocycles. The Morgan fingerprint density at radius 3 is 2.44 bits per heavy atom. The summed E-state index contributed by atoms with van der Waals surface area (Å²) in [5.74, 6) is -1.78. The van der Waals surface area contributed by atoms with E-state index < -0.39 is 58.0 Å². The van der Waals surface area contributed by atoms with Gasteiger partial charge in [0.05, 0.1) is 33.5 Å². The van der Waals surface area contributed by atoms with Crippen LogP contribution in [0.15, 0.2) is 48.6 Å². The van der Waals surface area contributed by atoms with Crippen molar-refractivity contribution in [2.75, 3.05) is 66.0 Å². The highest BCUT2D eigenvalue weighted by atomic mass is 16.6. The summed E-state index contributed by atoms with van der Waals surface area (Å²) in [6, 6.07) is 10.9. The monoisotopic (exact) mass is 810 g/mol. The summed E-state index contributed by atoms with van der Waals surface area (Å²) in [7, 11) is 6.13. The largest absolute Gasteiger partial charge is 0.496 e. The van der Waals surface area contributed by atoms with E-state index >= 15 is 4.79 Å². The molecule has 11 atom stereocenters. The van der Waals surface area contributed by atoms with Crippen LogP contribution in [-0.4, -0.2) is 134 Å². The molecule has 316 valence electrons. The lowest BCUT2D eigenvalue weighted by Gasteiger charge is -2.63. The molecule has 3 N–H and O–H groups in total. The number of nitrogens with one attached hydrogen (secondary N) is 1. The van der Waals surface area contributed by atoms with Gasteiger partial charge in [0.25, 0.3) is 0 Å².